The summed E-state index contributed by atoms with van der Waals surface area (Å²) < 4.78 is 11.0. The highest BCUT2D eigenvalue weighted by molar-refractivity contribution is 7.98. The van der Waals surface area contributed by atoms with Crippen LogP contribution in [-0.2, 0) is 17.1 Å². The van der Waals surface area contributed by atoms with Gasteiger partial charge in [0.25, 0.3) is 0 Å². The Morgan fingerprint density at radius 1 is 1.21 bits per heavy atom. The minimum absolute atomic E-state index is 0.280. The van der Waals surface area contributed by atoms with Crippen LogP contribution in [0.15, 0.2) is 41.4 Å². The van der Waals surface area contributed by atoms with Crippen LogP contribution in [0, 0.1) is 6.92 Å². The molecule has 0 amide bonds. The lowest BCUT2D eigenvalue weighted by atomic mass is 10.1. The molecule has 4 nitrogen and oxygen atoms in total. The molecule has 6 heteroatoms. The molecule has 0 saturated carbocycles. The number of ether oxygens (including phenoxy) is 2. The van der Waals surface area contributed by atoms with Crippen LogP contribution >= 0.6 is 23.4 Å². The van der Waals surface area contributed by atoms with E-state index in [-0.39, 0.29) is 6.79 Å². The third-order valence-corrected chi connectivity index (χ3v) is 5.05. The van der Waals surface area contributed by atoms with Crippen molar-refractivity contribution in [1.82, 2.24) is 9.97 Å². The van der Waals surface area contributed by atoms with E-state index < -0.39 is 0 Å². The van der Waals surface area contributed by atoms with Crippen molar-refractivity contribution >= 4 is 34.3 Å². The minimum Gasteiger partial charge on any atom is -0.467 e. The quantitative estimate of drug-likeness (QED) is 0.499. The molecule has 3 aromatic rings. The van der Waals surface area contributed by atoms with Crippen molar-refractivity contribution in [1.29, 1.82) is 0 Å². The smallest absolute Gasteiger partial charge is 0.189 e. The average molecular weight is 359 g/mol. The van der Waals surface area contributed by atoms with Crippen LogP contribution in [0.3, 0.4) is 0 Å². The van der Waals surface area contributed by atoms with E-state index in [4.69, 9.17) is 21.1 Å². The van der Waals surface area contributed by atoms with Crippen molar-refractivity contribution < 1.29 is 9.47 Å². The van der Waals surface area contributed by atoms with Crippen LogP contribution < -0.4 is 4.74 Å². The number of para-hydroxylation sites is 1. The number of aryl methyl sites for hydroxylation is 1. The monoisotopic (exact) mass is 358 g/mol. The Balaban J connectivity index is 1.68. The first kappa shape index (κ1) is 15.7. The number of fused-ring (bicyclic) bond motifs is 2. The lowest BCUT2D eigenvalue weighted by molar-refractivity contribution is -0.0168. The van der Waals surface area contributed by atoms with E-state index in [0.717, 1.165) is 44.4 Å². The summed E-state index contributed by atoms with van der Waals surface area (Å²) in [4.78, 5) is 9.09. The molecule has 0 fully saturated rings. The number of nitrogens with zero attached hydrogens (tertiary/aromatic N) is 2. The summed E-state index contributed by atoms with van der Waals surface area (Å²) in [6.07, 6.45) is 0. The fourth-order valence-electron chi connectivity index (χ4n) is 2.78. The van der Waals surface area contributed by atoms with Gasteiger partial charge in [-0.15, -0.1) is 11.8 Å². The Kier molecular flexibility index (Phi) is 4.31. The maximum Gasteiger partial charge on any atom is 0.189 e. The summed E-state index contributed by atoms with van der Waals surface area (Å²) in [5.74, 6) is 2.38. The van der Waals surface area contributed by atoms with Crippen LogP contribution in [0.1, 0.15) is 17.0 Å². The Labute approximate surface area is 149 Å². The zero-order valence-electron chi connectivity index (χ0n) is 13.1. The summed E-state index contributed by atoms with van der Waals surface area (Å²) in [5, 5.41) is 2.73. The van der Waals surface area contributed by atoms with Gasteiger partial charge in [0.05, 0.1) is 12.1 Å². The Morgan fingerprint density at radius 3 is 3.00 bits per heavy atom. The molecule has 0 saturated heterocycles. The minimum atomic E-state index is 0.280. The van der Waals surface area contributed by atoms with Crippen molar-refractivity contribution in [3.8, 4) is 5.75 Å². The molecule has 2 heterocycles. The van der Waals surface area contributed by atoms with E-state index >= 15 is 0 Å². The Hall–Kier alpha value is -1.82. The SMILES string of the molecule is Cc1nc(SCc2cc(Cl)cc3c2OCOC3)c2ccccc2n1. The summed E-state index contributed by atoms with van der Waals surface area (Å²) in [5.41, 5.74) is 3.02. The van der Waals surface area contributed by atoms with Crippen molar-refractivity contribution in [3.05, 3.63) is 58.4 Å². The molecule has 0 unspecified atom stereocenters. The number of aromatic nitrogens is 2. The maximum atomic E-state index is 6.24. The van der Waals surface area contributed by atoms with Crippen LogP contribution in [0.5, 0.6) is 5.75 Å². The van der Waals surface area contributed by atoms with Gasteiger partial charge in [-0.3, -0.25) is 0 Å². The molecule has 1 aliphatic heterocycles. The molecule has 4 rings (SSSR count). The van der Waals surface area contributed by atoms with Gasteiger partial charge < -0.3 is 9.47 Å². The number of thioether (sulfide) groups is 1. The fourth-order valence-corrected chi connectivity index (χ4v) is 4.07. The van der Waals surface area contributed by atoms with Gasteiger partial charge in [-0.25, -0.2) is 9.97 Å². The van der Waals surface area contributed by atoms with Crippen molar-refractivity contribution in [2.24, 2.45) is 0 Å². The van der Waals surface area contributed by atoms with E-state index in [2.05, 4.69) is 16.0 Å². The van der Waals surface area contributed by atoms with Crippen LogP contribution in [0.2, 0.25) is 5.02 Å². The second-order valence-corrected chi connectivity index (χ2v) is 6.95. The van der Waals surface area contributed by atoms with Gasteiger partial charge in [-0.1, -0.05) is 29.8 Å². The molecule has 0 spiro atoms. The lowest BCUT2D eigenvalue weighted by Crippen LogP contribution is -2.13. The first-order valence-electron chi connectivity index (χ1n) is 7.59. The van der Waals surface area contributed by atoms with Gasteiger partial charge in [0, 0.05) is 27.3 Å². The Bertz CT molecular complexity index is 917. The molecular weight excluding hydrogens is 344 g/mol. The molecule has 0 radical (unpaired) electrons. The topological polar surface area (TPSA) is 44.2 Å². The maximum absolute atomic E-state index is 6.24. The van der Waals surface area contributed by atoms with Crippen molar-refractivity contribution in [3.63, 3.8) is 0 Å². The molecule has 2 aromatic carbocycles. The number of benzene rings is 2. The molecule has 1 aliphatic rings. The summed E-state index contributed by atoms with van der Waals surface area (Å²) >= 11 is 7.91. The molecule has 1 aromatic heterocycles. The molecule has 0 atom stereocenters. The third-order valence-electron chi connectivity index (χ3n) is 3.80. The predicted molar refractivity (Wildman–Crippen MR) is 95.6 cm³/mol. The van der Waals surface area contributed by atoms with E-state index in [1.54, 1.807) is 11.8 Å². The van der Waals surface area contributed by atoms with Gasteiger partial charge >= 0.3 is 0 Å². The highest BCUT2D eigenvalue weighted by Crippen LogP contribution is 2.36. The van der Waals surface area contributed by atoms with E-state index in [9.17, 15) is 0 Å². The normalized spacial score (nSPS) is 13.6. The Morgan fingerprint density at radius 2 is 2.08 bits per heavy atom. The van der Waals surface area contributed by atoms with E-state index in [1.807, 2.05) is 37.3 Å². The lowest BCUT2D eigenvalue weighted by Gasteiger charge is -2.21. The molecule has 122 valence electrons. The summed E-state index contributed by atoms with van der Waals surface area (Å²) in [6.45, 7) is 2.73. The van der Waals surface area contributed by atoms with Gasteiger partial charge in [0.2, 0.25) is 0 Å². The highest BCUT2D eigenvalue weighted by Gasteiger charge is 2.17. The standard InChI is InChI=1S/C18H15ClN2O2S/c1-11-20-16-5-3-2-4-15(16)18(21-11)24-9-13-7-14(19)6-12-8-22-10-23-17(12)13/h2-7H,8-10H2,1H3. The highest BCUT2D eigenvalue weighted by atomic mass is 35.5. The molecule has 24 heavy (non-hydrogen) atoms. The zero-order valence-corrected chi connectivity index (χ0v) is 14.7. The molecule has 0 bridgehead atoms. The number of hydrogen-bond acceptors (Lipinski definition) is 5. The van der Waals surface area contributed by atoms with Crippen LogP contribution in [-0.4, -0.2) is 16.8 Å². The van der Waals surface area contributed by atoms with Crippen molar-refractivity contribution in [2.45, 2.75) is 24.3 Å². The van der Waals surface area contributed by atoms with E-state index in [0.29, 0.717) is 11.6 Å². The van der Waals surface area contributed by atoms with Crippen LogP contribution in [0.4, 0.5) is 0 Å². The van der Waals surface area contributed by atoms with E-state index in [1.165, 1.54) is 0 Å². The summed E-state index contributed by atoms with van der Waals surface area (Å²) in [7, 11) is 0. The second-order valence-electron chi connectivity index (χ2n) is 5.55. The number of halogens is 1. The molecular formula is C18H15ClN2O2S. The van der Waals surface area contributed by atoms with Gasteiger partial charge in [-0.05, 0) is 25.1 Å². The largest absolute Gasteiger partial charge is 0.467 e. The van der Waals surface area contributed by atoms with Gasteiger partial charge in [0.1, 0.15) is 16.6 Å². The first-order valence-corrected chi connectivity index (χ1v) is 8.95. The molecule has 0 aliphatic carbocycles. The average Bonchev–Trinajstić information content (AvgIpc) is 2.59. The molecule has 0 N–H and O–H groups in total. The van der Waals surface area contributed by atoms with Gasteiger partial charge in [0.15, 0.2) is 6.79 Å². The first-order chi connectivity index (χ1) is 11.7. The number of rotatable bonds is 3. The number of hydrogen-bond donors (Lipinski definition) is 0. The van der Waals surface area contributed by atoms with Crippen LogP contribution in [0.25, 0.3) is 10.9 Å². The fraction of sp³-hybridized carbons (Fsp3) is 0.222. The second kappa shape index (κ2) is 6.59. The summed E-state index contributed by atoms with van der Waals surface area (Å²) in [6, 6.07) is 11.9. The zero-order chi connectivity index (χ0) is 16.5. The third kappa shape index (κ3) is 3.07. The van der Waals surface area contributed by atoms with Crippen molar-refractivity contribution in [2.75, 3.05) is 6.79 Å². The predicted octanol–water partition coefficient (Wildman–Crippen LogP) is 4.75. The van der Waals surface area contributed by atoms with Gasteiger partial charge in [-0.2, -0.15) is 0 Å².